The van der Waals surface area contributed by atoms with Crippen LogP contribution in [-0.4, -0.2) is 26.5 Å². The second-order valence-corrected chi connectivity index (χ2v) is 5.48. The van der Waals surface area contributed by atoms with Gasteiger partial charge in [0.25, 0.3) is 0 Å². The third-order valence-electron chi connectivity index (χ3n) is 4.34. The van der Waals surface area contributed by atoms with E-state index in [1.54, 1.807) is 6.20 Å². The Balaban J connectivity index is 1.86. The standard InChI is InChI=1S/C13H13F3N4/c14-13(15,16)10-7-19-6-5-17-11(12(19)18-10)20-8-1-2-9(20)4-3-8/h5-9H,1-4H2. The molecule has 20 heavy (non-hydrogen) atoms. The lowest BCUT2D eigenvalue weighted by molar-refractivity contribution is -0.140. The van der Waals surface area contributed by atoms with Crippen molar-refractivity contribution in [2.24, 2.45) is 0 Å². The van der Waals surface area contributed by atoms with Gasteiger partial charge in [0, 0.05) is 30.7 Å². The maximum Gasteiger partial charge on any atom is 0.434 e. The number of hydrogen-bond acceptors (Lipinski definition) is 3. The first-order valence-corrected chi connectivity index (χ1v) is 6.73. The molecule has 0 amide bonds. The van der Waals surface area contributed by atoms with E-state index in [2.05, 4.69) is 14.9 Å². The van der Waals surface area contributed by atoms with Gasteiger partial charge in [0.2, 0.25) is 0 Å². The van der Waals surface area contributed by atoms with Crippen molar-refractivity contribution >= 4 is 11.5 Å². The summed E-state index contributed by atoms with van der Waals surface area (Å²) in [6.07, 6.45) is 4.05. The van der Waals surface area contributed by atoms with Crippen molar-refractivity contribution in [3.05, 3.63) is 24.3 Å². The number of anilines is 1. The molecule has 0 aliphatic carbocycles. The van der Waals surface area contributed by atoms with Gasteiger partial charge < -0.3 is 9.30 Å². The van der Waals surface area contributed by atoms with Gasteiger partial charge in [-0.25, -0.2) is 9.97 Å². The van der Waals surface area contributed by atoms with Gasteiger partial charge in [-0.2, -0.15) is 13.2 Å². The van der Waals surface area contributed by atoms with Gasteiger partial charge in [0.15, 0.2) is 17.2 Å². The molecular weight excluding hydrogens is 269 g/mol. The van der Waals surface area contributed by atoms with Crippen LogP contribution in [0.25, 0.3) is 5.65 Å². The Morgan fingerprint density at radius 3 is 2.35 bits per heavy atom. The van der Waals surface area contributed by atoms with E-state index < -0.39 is 11.9 Å². The minimum Gasteiger partial charge on any atom is -0.348 e. The molecule has 4 nitrogen and oxygen atoms in total. The van der Waals surface area contributed by atoms with Gasteiger partial charge in [0.05, 0.1) is 0 Å². The van der Waals surface area contributed by atoms with Crippen molar-refractivity contribution in [2.45, 2.75) is 43.9 Å². The molecule has 0 saturated carbocycles. The summed E-state index contributed by atoms with van der Waals surface area (Å²) in [4.78, 5) is 10.2. The SMILES string of the molecule is FC(F)(F)c1cn2ccnc(N3C4CCC3CC4)c2n1. The first kappa shape index (κ1) is 12.0. The molecule has 2 aromatic rings. The van der Waals surface area contributed by atoms with Crippen molar-refractivity contribution in [3.8, 4) is 0 Å². The van der Waals surface area contributed by atoms with E-state index in [0.717, 1.165) is 31.9 Å². The molecule has 0 aromatic carbocycles. The summed E-state index contributed by atoms with van der Waals surface area (Å²) in [6, 6.07) is 0.814. The molecule has 2 aliphatic heterocycles. The third kappa shape index (κ3) is 1.61. The summed E-state index contributed by atoms with van der Waals surface area (Å²) in [5, 5.41) is 0. The van der Waals surface area contributed by atoms with Gasteiger partial charge in [-0.15, -0.1) is 0 Å². The van der Waals surface area contributed by atoms with E-state index in [1.165, 1.54) is 10.6 Å². The second-order valence-electron chi connectivity index (χ2n) is 5.48. The summed E-state index contributed by atoms with van der Waals surface area (Å²) in [6.45, 7) is 0. The number of rotatable bonds is 1. The number of aromatic nitrogens is 3. The molecule has 0 N–H and O–H groups in total. The molecule has 0 atom stereocenters. The molecule has 0 radical (unpaired) electrons. The zero-order chi connectivity index (χ0) is 13.9. The minimum absolute atomic E-state index is 0.304. The van der Waals surface area contributed by atoms with E-state index in [1.807, 2.05) is 0 Å². The maximum absolute atomic E-state index is 12.8. The first-order chi connectivity index (χ1) is 9.54. The summed E-state index contributed by atoms with van der Waals surface area (Å²) >= 11 is 0. The monoisotopic (exact) mass is 282 g/mol. The zero-order valence-corrected chi connectivity index (χ0v) is 10.6. The number of nitrogens with zero attached hydrogens (tertiary/aromatic N) is 4. The topological polar surface area (TPSA) is 33.4 Å². The van der Waals surface area contributed by atoms with Crippen LogP contribution in [0.4, 0.5) is 19.0 Å². The molecule has 106 valence electrons. The fourth-order valence-electron chi connectivity index (χ4n) is 3.48. The Morgan fingerprint density at radius 1 is 1.10 bits per heavy atom. The smallest absolute Gasteiger partial charge is 0.348 e. The lowest BCUT2D eigenvalue weighted by atomic mass is 10.0. The molecule has 0 spiro atoms. The predicted molar refractivity (Wildman–Crippen MR) is 66.5 cm³/mol. The van der Waals surface area contributed by atoms with Gasteiger partial charge in [-0.1, -0.05) is 0 Å². The molecule has 2 saturated heterocycles. The van der Waals surface area contributed by atoms with Crippen LogP contribution >= 0.6 is 0 Å². The first-order valence-electron chi connectivity index (χ1n) is 6.73. The number of imidazole rings is 1. The minimum atomic E-state index is -4.42. The highest BCUT2D eigenvalue weighted by Gasteiger charge is 2.41. The highest BCUT2D eigenvalue weighted by Crippen LogP contribution is 2.41. The average molecular weight is 282 g/mol. The van der Waals surface area contributed by atoms with Crippen LogP contribution in [0, 0.1) is 0 Å². The van der Waals surface area contributed by atoms with E-state index in [0.29, 0.717) is 23.5 Å². The maximum atomic E-state index is 12.8. The normalized spacial score (nSPS) is 25.9. The lowest BCUT2D eigenvalue weighted by Gasteiger charge is -2.23. The van der Waals surface area contributed by atoms with E-state index in [4.69, 9.17) is 0 Å². The van der Waals surface area contributed by atoms with Crippen molar-refractivity contribution in [1.82, 2.24) is 14.4 Å². The van der Waals surface area contributed by atoms with Gasteiger partial charge in [0.1, 0.15) is 0 Å². The molecule has 0 unspecified atom stereocenters. The molecule has 7 heteroatoms. The Bertz CT molecular complexity index is 643. The molecule has 2 fully saturated rings. The van der Waals surface area contributed by atoms with Crippen molar-refractivity contribution in [3.63, 3.8) is 0 Å². The fourth-order valence-corrected chi connectivity index (χ4v) is 3.48. The molecule has 2 aromatic heterocycles. The zero-order valence-electron chi connectivity index (χ0n) is 10.6. The summed E-state index contributed by atoms with van der Waals surface area (Å²) in [5.74, 6) is 0.591. The Hall–Kier alpha value is -1.79. The fraction of sp³-hybridized carbons (Fsp3) is 0.538. The van der Waals surface area contributed by atoms with Crippen LogP contribution in [0.1, 0.15) is 31.4 Å². The predicted octanol–water partition coefficient (Wildman–Crippen LogP) is 2.88. The van der Waals surface area contributed by atoms with Gasteiger partial charge in [-0.3, -0.25) is 0 Å². The summed E-state index contributed by atoms with van der Waals surface area (Å²) in [5.41, 5.74) is -0.558. The molecule has 2 aliphatic rings. The van der Waals surface area contributed by atoms with E-state index >= 15 is 0 Å². The Labute approximate surface area is 113 Å². The van der Waals surface area contributed by atoms with Crippen LogP contribution in [0.3, 0.4) is 0 Å². The van der Waals surface area contributed by atoms with Crippen molar-refractivity contribution < 1.29 is 13.2 Å². The van der Waals surface area contributed by atoms with E-state index in [9.17, 15) is 13.2 Å². The second kappa shape index (κ2) is 3.86. The Morgan fingerprint density at radius 2 is 1.75 bits per heavy atom. The molecule has 4 heterocycles. The highest BCUT2D eigenvalue weighted by molar-refractivity contribution is 5.66. The quantitative estimate of drug-likeness (QED) is 0.806. The van der Waals surface area contributed by atoms with Crippen LogP contribution in [0.2, 0.25) is 0 Å². The number of fused-ring (bicyclic) bond motifs is 3. The van der Waals surface area contributed by atoms with Crippen LogP contribution < -0.4 is 4.90 Å². The van der Waals surface area contributed by atoms with Crippen LogP contribution in [0.15, 0.2) is 18.6 Å². The summed E-state index contributed by atoms with van der Waals surface area (Å²) in [7, 11) is 0. The number of alkyl halides is 3. The number of hydrogen-bond donors (Lipinski definition) is 0. The van der Waals surface area contributed by atoms with Crippen LogP contribution in [0.5, 0.6) is 0 Å². The largest absolute Gasteiger partial charge is 0.434 e. The molecular formula is C13H13F3N4. The molecule has 2 bridgehead atoms. The van der Waals surface area contributed by atoms with Crippen LogP contribution in [-0.2, 0) is 6.18 Å². The van der Waals surface area contributed by atoms with Gasteiger partial charge in [-0.05, 0) is 25.7 Å². The number of halogens is 3. The third-order valence-corrected chi connectivity index (χ3v) is 4.34. The summed E-state index contributed by atoms with van der Waals surface area (Å²) < 4.78 is 39.8. The molecule has 4 rings (SSSR count). The highest BCUT2D eigenvalue weighted by atomic mass is 19.4. The average Bonchev–Trinajstić information content (AvgIpc) is 3.10. The lowest BCUT2D eigenvalue weighted by Crippen LogP contribution is -2.29. The van der Waals surface area contributed by atoms with Crippen molar-refractivity contribution in [2.75, 3.05) is 4.90 Å². The van der Waals surface area contributed by atoms with E-state index in [-0.39, 0.29) is 0 Å². The Kier molecular flexibility index (Phi) is 2.32. The van der Waals surface area contributed by atoms with Crippen molar-refractivity contribution in [1.29, 1.82) is 0 Å². The van der Waals surface area contributed by atoms with Gasteiger partial charge >= 0.3 is 6.18 Å².